The summed E-state index contributed by atoms with van der Waals surface area (Å²) in [5.41, 5.74) is 34.8. The van der Waals surface area contributed by atoms with Gasteiger partial charge in [0.1, 0.15) is 145 Å². The van der Waals surface area contributed by atoms with Crippen LogP contribution in [0.15, 0.2) is 69.3 Å². The van der Waals surface area contributed by atoms with Crippen LogP contribution >= 0.6 is 47.0 Å². The van der Waals surface area contributed by atoms with E-state index in [-0.39, 0.29) is 141 Å². The number of nitrogens with zero attached hydrogens (tertiary/aromatic N) is 16. The number of imidazole rings is 2. The molecule has 0 saturated carbocycles. The van der Waals surface area contributed by atoms with Gasteiger partial charge in [-0.1, -0.05) is 19.2 Å². The second kappa shape index (κ2) is 48.9. The van der Waals surface area contributed by atoms with E-state index in [1.807, 2.05) is 0 Å². The summed E-state index contributed by atoms with van der Waals surface area (Å²) in [6, 6.07) is 0. The second-order valence-corrected chi connectivity index (χ2v) is 45.8. The second-order valence-electron chi connectivity index (χ2n) is 33.1. The first-order valence-electron chi connectivity index (χ1n) is 44.2. The molecule has 6 fully saturated rings. The van der Waals surface area contributed by atoms with Gasteiger partial charge >= 0.3 is 57.5 Å². The fraction of sp³-hybridized carbons (Fsp3) is 0.658. The van der Waals surface area contributed by atoms with Crippen LogP contribution in [-0.2, 0) is 166 Å². The SMILES string of the molecule is CC[C@H]1O[C@@H](n2cc(C)c(N)nc2=O)C[C@H]1OP(O)(=S)OC[C@H]1O[C@@H](n2cc(C)c(N)nc2=O)C(OCCOC)[C@H]1OP(=O)(S)OC[C@H]1O[C@@H](n2cnc3c(N)ncnc32)C(OCCOC)[C@H]1OP(=O)(O)OC[C@H]1O[C@@H](n2cc(C)c(N)nc2=O)C(OCCOC)[C@H]1OP(O)(=S)OC[C@H]1O[C@@H](n2cnc3c(N)ncnc32)C(OCCOC)[C@H]1OP(O)(=S)OC[C@H]1O[C@@H](n2cc(C)c(N)nc2=O)C(OCCOC)[C@H]1O. The van der Waals surface area contributed by atoms with Crippen LogP contribution in [0, 0.1) is 27.7 Å². The monoisotopic (exact) mass is 2210 g/mol. The number of phosphoric ester groups is 1. The number of hydrogen-bond donors (Lipinski definition) is 12. The maximum Gasteiger partial charge on any atom is 0.472 e. The number of rotatable bonds is 52. The zero-order valence-corrected chi connectivity index (χ0v) is 86.6. The first-order valence-corrected chi connectivity index (χ1v) is 56.1. The molecule has 8 aromatic rings. The fourth-order valence-corrected chi connectivity index (χ4v) is 23.2. The summed E-state index contributed by atoms with van der Waals surface area (Å²) in [5, 5.41) is 11.9. The first kappa shape index (κ1) is 113. The van der Waals surface area contributed by atoms with E-state index in [1.54, 1.807) is 27.7 Å². The van der Waals surface area contributed by atoms with Gasteiger partial charge in [-0.15, -0.1) is 0 Å². The molecule has 144 heavy (non-hydrogen) atoms. The molecule has 0 bridgehead atoms. The van der Waals surface area contributed by atoms with Crippen molar-refractivity contribution in [3.63, 3.8) is 0 Å². The normalized spacial score (nSPS) is 29.3. The van der Waals surface area contributed by atoms with Gasteiger partial charge in [-0.3, -0.25) is 54.5 Å². The number of aliphatic hydroxyl groups is 1. The predicted molar refractivity (Wildman–Crippen MR) is 513 cm³/mol. The molecule has 798 valence electrons. The summed E-state index contributed by atoms with van der Waals surface area (Å²) in [6.45, 7) is -17.5. The Labute approximate surface area is 839 Å². The summed E-state index contributed by atoms with van der Waals surface area (Å²) in [4.78, 5) is 146. The minimum absolute atomic E-state index is 0.00852. The van der Waals surface area contributed by atoms with Gasteiger partial charge in [0.15, 0.2) is 54.1 Å². The van der Waals surface area contributed by atoms with Crippen molar-refractivity contribution in [1.82, 2.24) is 77.2 Å². The van der Waals surface area contributed by atoms with Crippen LogP contribution < -0.4 is 57.2 Å². The molecule has 6 aliphatic heterocycles. The Morgan fingerprint density at radius 3 is 1.08 bits per heavy atom. The van der Waals surface area contributed by atoms with Gasteiger partial charge < -0.3 is 153 Å². The van der Waals surface area contributed by atoms with Crippen molar-refractivity contribution in [2.45, 2.75) is 189 Å². The number of anilines is 6. The van der Waals surface area contributed by atoms with Crippen molar-refractivity contribution in [2.75, 3.05) is 169 Å². The summed E-state index contributed by atoms with van der Waals surface area (Å²) < 4.78 is 197. The fourth-order valence-electron chi connectivity index (χ4n) is 16.4. The number of aliphatic hydroxyl groups excluding tert-OH is 1. The highest BCUT2D eigenvalue weighted by Gasteiger charge is 2.58. The summed E-state index contributed by atoms with van der Waals surface area (Å²) >= 11 is 21.7. The number of nitrogen functional groups attached to an aromatic ring is 6. The van der Waals surface area contributed by atoms with Crippen molar-refractivity contribution in [3.8, 4) is 0 Å². The Morgan fingerprint density at radius 1 is 0.382 bits per heavy atom. The molecule has 0 spiro atoms. The molecule has 14 heterocycles. The molecule has 17 N–H and O–H groups in total. The number of aromatic nitrogens is 16. The molecule has 68 heteroatoms. The van der Waals surface area contributed by atoms with Gasteiger partial charge in [-0.25, -0.2) is 58.2 Å². The highest BCUT2D eigenvalue weighted by atomic mass is 32.7. The Balaban J connectivity index is 0.757. The number of ether oxygens (including phenoxy) is 16. The van der Waals surface area contributed by atoms with Gasteiger partial charge in [0.2, 0.25) is 0 Å². The Bertz CT molecular complexity index is 6300. The van der Waals surface area contributed by atoms with E-state index in [4.69, 9.17) is 191 Å². The molecule has 6 aliphatic rings. The molecular formula is C76H113N22O37P5S4. The van der Waals surface area contributed by atoms with E-state index < -0.39 is 232 Å². The molecular weight excluding hydrogens is 2100 g/mol. The quantitative estimate of drug-likeness (QED) is 0.0135. The largest absolute Gasteiger partial charge is 0.472 e. The Hall–Kier alpha value is -7.06. The molecule has 10 unspecified atom stereocenters. The van der Waals surface area contributed by atoms with Crippen LogP contribution in [0.1, 0.15) is 79.4 Å². The van der Waals surface area contributed by atoms with E-state index in [1.165, 1.54) is 93.6 Å². The molecule has 0 aromatic carbocycles. The van der Waals surface area contributed by atoms with Crippen LogP contribution in [0.3, 0.4) is 0 Å². The van der Waals surface area contributed by atoms with Crippen molar-refractivity contribution >= 4 is 140 Å². The molecule has 8 aromatic heterocycles. The average Bonchev–Trinajstić information content (AvgIpc) is 1.61. The molecule has 28 atom stereocenters. The number of aryl methyl sites for hydroxylation is 4. The first-order chi connectivity index (χ1) is 68.5. The lowest BCUT2D eigenvalue weighted by Crippen LogP contribution is -2.41. The van der Waals surface area contributed by atoms with Crippen molar-refractivity contribution in [1.29, 1.82) is 0 Å². The topological polar surface area (TPSA) is 758 Å². The minimum Gasteiger partial charge on any atom is -0.387 e. The molecule has 0 amide bonds. The number of fused-ring (bicyclic) bond motifs is 2. The molecule has 0 radical (unpaired) electrons. The molecule has 0 aliphatic carbocycles. The van der Waals surface area contributed by atoms with E-state index in [9.17, 15) is 43.9 Å². The average molecular weight is 2210 g/mol. The van der Waals surface area contributed by atoms with E-state index in [0.29, 0.717) is 17.5 Å². The lowest BCUT2D eigenvalue weighted by atomic mass is 10.1. The smallest absolute Gasteiger partial charge is 0.387 e. The highest BCUT2D eigenvalue weighted by Crippen LogP contribution is 2.60. The van der Waals surface area contributed by atoms with Gasteiger partial charge in [-0.2, -0.15) is 19.9 Å². The standard InChI is InChI=1S/C76H113N22O37P5S4/c1-11-40-41(22-47(125-40)93-23-36(2)60(77)89-73(93)100)131-137(106,141)122-30-45-53(58(118-20-15-113-9)70(128-45)96-26-39(5)63(80)92-76(96)103)134-139(108,143)123-29-44-51(56(116-18-13-111-7)71(129-44)97-34-87-48-64(81)83-32-85-66(48)97)132-136(104,105)120-28-43-52(57(117-19-14-112-8)69(127-43)95-25-38(4)62(79)91-75(95)102)133-140(109,144)124-31-46-54(59(119-21-16-114-10)72(130-46)98-35-88-49-65(82)84-33-86-67(49)98)135-138(107,142)121-27-42-50(99)55(115-17-12-110-6)68(126-42)94-24-37(3)61(78)90-74(94)101/h23-26,32-35,40-47,50-59,68-72,99H,11-22,27-31H2,1-10H3,(H,104,105)(H,106,141)(H,107,142)(H,108,143)(H,109,144)(H2,77,89,100)(H2,78,90,101)(H2,79,91,102)(H2,80,92,103)(H2,81,83,85)(H2,82,84,86)/t40-,41-,42-,43-,44-,45-,46-,47-,50+,51+,52+,53+,54+,55?,56?,57?,58?,59?,68-,69-,70-,71-,72-,137?,138?,139?,140?/m1/s1. The van der Waals surface area contributed by atoms with Crippen LogP contribution in [0.4, 0.5) is 34.9 Å². The minimum atomic E-state index is -5.85. The number of thiol groups is 1. The third-order valence-corrected chi connectivity index (χ3v) is 30.8. The lowest BCUT2D eigenvalue weighted by molar-refractivity contribution is -0.0838. The molecule has 14 rings (SSSR count). The third kappa shape index (κ3) is 26.7. The van der Waals surface area contributed by atoms with Gasteiger partial charge in [0.05, 0.1) is 124 Å². The van der Waals surface area contributed by atoms with Crippen molar-refractivity contribution < 1.29 is 155 Å². The Morgan fingerprint density at radius 2 is 0.694 bits per heavy atom. The third-order valence-electron chi connectivity index (χ3n) is 23.5. The Kier molecular flexibility index (Phi) is 38.2. The lowest BCUT2D eigenvalue weighted by Gasteiger charge is -2.30. The molecule has 6 saturated heterocycles. The van der Waals surface area contributed by atoms with Crippen LogP contribution in [0.25, 0.3) is 22.3 Å². The van der Waals surface area contributed by atoms with Crippen molar-refractivity contribution in [3.05, 3.63) is 114 Å². The van der Waals surface area contributed by atoms with Crippen LogP contribution in [-0.4, -0.2) is 340 Å². The zero-order valence-electron chi connectivity index (χ0n) is 78.7. The zero-order chi connectivity index (χ0) is 104. The summed E-state index contributed by atoms with van der Waals surface area (Å²) in [6.07, 6.45) is -24.6. The summed E-state index contributed by atoms with van der Waals surface area (Å²) in [7, 11) is 1.03. The summed E-state index contributed by atoms with van der Waals surface area (Å²) in [5.74, 6) is -0.545. The van der Waals surface area contributed by atoms with Gasteiger partial charge in [0.25, 0.3) is 0 Å². The van der Waals surface area contributed by atoms with Gasteiger partial charge in [-0.05, 0) is 69.5 Å². The number of hydrogen-bond acceptors (Lipinski definition) is 52. The number of nitrogens with two attached hydrogens (primary N) is 6. The predicted octanol–water partition coefficient (Wildman–Crippen LogP) is -0.0782. The number of methoxy groups -OCH3 is 5. The maximum atomic E-state index is 15.6. The van der Waals surface area contributed by atoms with E-state index >= 15 is 9.13 Å². The van der Waals surface area contributed by atoms with Gasteiger partial charge in [0, 0.05) is 89.0 Å². The van der Waals surface area contributed by atoms with E-state index in [0.717, 1.165) is 26.4 Å². The van der Waals surface area contributed by atoms with Crippen LogP contribution in [0.5, 0.6) is 0 Å². The van der Waals surface area contributed by atoms with Crippen molar-refractivity contribution in [2.24, 2.45) is 0 Å². The van der Waals surface area contributed by atoms with E-state index in [2.05, 4.69) is 62.1 Å². The van der Waals surface area contributed by atoms with Crippen LogP contribution in [0.2, 0.25) is 0 Å². The highest BCUT2D eigenvalue weighted by molar-refractivity contribution is 8.44. The maximum absolute atomic E-state index is 15.6. The number of phosphoric acid groups is 1. The molecule has 59 nitrogen and oxygen atoms in total.